The van der Waals surface area contributed by atoms with Crippen molar-refractivity contribution in [2.24, 2.45) is 0 Å². The Labute approximate surface area is 78.2 Å². The summed E-state index contributed by atoms with van der Waals surface area (Å²) >= 11 is 0. The molecule has 0 aromatic heterocycles. The maximum absolute atomic E-state index is 10.5. The molecule has 0 saturated carbocycles. The molecule has 0 atom stereocenters. The van der Waals surface area contributed by atoms with Crippen LogP contribution >= 0.6 is 0 Å². The Morgan fingerprint density at radius 3 is 2.00 bits per heavy atom. The van der Waals surface area contributed by atoms with E-state index in [0.717, 1.165) is 11.1 Å². The Morgan fingerprint density at radius 1 is 1.15 bits per heavy atom. The summed E-state index contributed by atoms with van der Waals surface area (Å²) in [6, 6.07) is 5.35. The van der Waals surface area contributed by atoms with Gasteiger partial charge in [-0.1, -0.05) is 29.3 Å². The van der Waals surface area contributed by atoms with Crippen molar-refractivity contribution < 1.29 is 13.0 Å². The van der Waals surface area contributed by atoms with Gasteiger partial charge in [-0.05, 0) is 19.4 Å². The number of benzene rings is 1. The summed E-state index contributed by atoms with van der Waals surface area (Å²) in [5, 5.41) is 0. The number of aryl methyl sites for hydroxylation is 2. The van der Waals surface area contributed by atoms with Crippen LogP contribution in [0, 0.1) is 13.8 Å². The summed E-state index contributed by atoms with van der Waals surface area (Å²) in [5.41, 5.74) is 2.50. The van der Waals surface area contributed by atoms with Crippen LogP contribution in [-0.4, -0.2) is 13.0 Å². The smallest absolute Gasteiger partial charge is 0.0988 e. The van der Waals surface area contributed by atoms with Gasteiger partial charge in [-0.25, -0.2) is 8.42 Å². The maximum Gasteiger partial charge on any atom is 0.0988 e. The molecule has 3 nitrogen and oxygen atoms in total. The van der Waals surface area contributed by atoms with Crippen LogP contribution in [0.3, 0.4) is 0 Å². The van der Waals surface area contributed by atoms with Gasteiger partial charge in [0, 0.05) is 0 Å². The van der Waals surface area contributed by atoms with Gasteiger partial charge in [-0.15, -0.1) is 0 Å². The molecule has 13 heavy (non-hydrogen) atoms. The largest absolute Gasteiger partial charge is 0.748 e. The van der Waals surface area contributed by atoms with E-state index in [2.05, 4.69) is 0 Å². The monoisotopic (exact) mass is 199 g/mol. The highest BCUT2D eigenvalue weighted by molar-refractivity contribution is 7.84. The maximum atomic E-state index is 10.5. The van der Waals surface area contributed by atoms with E-state index in [4.69, 9.17) is 0 Å². The predicted octanol–water partition coefficient (Wildman–Crippen LogP) is 1.35. The summed E-state index contributed by atoms with van der Waals surface area (Å²) in [4.78, 5) is 0. The molecule has 0 fully saturated rings. The molecule has 0 N–H and O–H groups in total. The fourth-order valence-corrected chi connectivity index (χ4v) is 1.93. The minimum atomic E-state index is -4.16. The highest BCUT2D eigenvalue weighted by atomic mass is 32.2. The zero-order valence-electron chi connectivity index (χ0n) is 7.57. The summed E-state index contributed by atoms with van der Waals surface area (Å²) < 4.78 is 31.4. The number of rotatable bonds is 2. The zero-order chi connectivity index (χ0) is 10.1. The molecule has 1 aromatic rings. The second kappa shape index (κ2) is 3.47. The first kappa shape index (κ1) is 10.2. The van der Waals surface area contributed by atoms with Gasteiger partial charge in [0.25, 0.3) is 0 Å². The summed E-state index contributed by atoms with van der Waals surface area (Å²) in [5.74, 6) is -0.421. The Kier molecular flexibility index (Phi) is 2.73. The van der Waals surface area contributed by atoms with E-state index >= 15 is 0 Å². The van der Waals surface area contributed by atoms with Crippen molar-refractivity contribution in [1.29, 1.82) is 0 Å². The molecule has 0 aliphatic carbocycles. The van der Waals surface area contributed by atoms with Crippen LogP contribution in [0.25, 0.3) is 0 Å². The van der Waals surface area contributed by atoms with Crippen molar-refractivity contribution in [2.75, 3.05) is 0 Å². The first-order valence-electron chi connectivity index (χ1n) is 3.87. The highest BCUT2D eigenvalue weighted by Crippen LogP contribution is 2.11. The Hall–Kier alpha value is -0.870. The average molecular weight is 199 g/mol. The molecule has 0 spiro atoms. The highest BCUT2D eigenvalue weighted by Gasteiger charge is 2.00. The minimum Gasteiger partial charge on any atom is -0.748 e. The first-order chi connectivity index (χ1) is 5.87. The van der Waals surface area contributed by atoms with Gasteiger partial charge in [0.2, 0.25) is 0 Å². The lowest BCUT2D eigenvalue weighted by atomic mass is 10.1. The van der Waals surface area contributed by atoms with Crippen molar-refractivity contribution in [2.45, 2.75) is 19.6 Å². The molecule has 0 heterocycles. The van der Waals surface area contributed by atoms with E-state index in [1.165, 1.54) is 0 Å². The van der Waals surface area contributed by atoms with E-state index in [-0.39, 0.29) is 0 Å². The van der Waals surface area contributed by atoms with Crippen molar-refractivity contribution in [3.63, 3.8) is 0 Å². The normalized spacial score (nSPS) is 11.6. The molecule has 0 aliphatic rings. The lowest BCUT2D eigenvalue weighted by Crippen LogP contribution is -2.02. The quantitative estimate of drug-likeness (QED) is 0.675. The molecule has 4 heteroatoms. The lowest BCUT2D eigenvalue weighted by molar-refractivity contribution is 0.462. The van der Waals surface area contributed by atoms with Gasteiger partial charge in [-0.2, -0.15) is 0 Å². The predicted molar refractivity (Wildman–Crippen MR) is 49.3 cm³/mol. The van der Waals surface area contributed by atoms with Crippen LogP contribution in [0.15, 0.2) is 18.2 Å². The van der Waals surface area contributed by atoms with Crippen LogP contribution in [0.5, 0.6) is 0 Å². The molecule has 0 unspecified atom stereocenters. The van der Waals surface area contributed by atoms with E-state index in [0.29, 0.717) is 5.56 Å². The molecular weight excluding hydrogens is 188 g/mol. The Bertz CT molecular complexity index is 387. The summed E-state index contributed by atoms with van der Waals surface area (Å²) in [6.45, 7) is 3.74. The van der Waals surface area contributed by atoms with Gasteiger partial charge in [-0.3, -0.25) is 0 Å². The van der Waals surface area contributed by atoms with Gasteiger partial charge in [0.15, 0.2) is 0 Å². The van der Waals surface area contributed by atoms with Crippen LogP contribution in [0.2, 0.25) is 0 Å². The molecule has 0 bridgehead atoms. The van der Waals surface area contributed by atoms with Gasteiger partial charge in [0.1, 0.15) is 0 Å². The second-order valence-electron chi connectivity index (χ2n) is 3.20. The number of hydrogen-bond donors (Lipinski definition) is 0. The summed E-state index contributed by atoms with van der Waals surface area (Å²) in [7, 11) is -4.16. The first-order valence-corrected chi connectivity index (χ1v) is 5.45. The summed E-state index contributed by atoms with van der Waals surface area (Å²) in [6.07, 6.45) is 0. The lowest BCUT2D eigenvalue weighted by Gasteiger charge is -2.08. The van der Waals surface area contributed by atoms with Crippen LogP contribution < -0.4 is 0 Å². The molecule has 0 aliphatic heterocycles. The third kappa shape index (κ3) is 3.57. The van der Waals surface area contributed by atoms with Gasteiger partial charge >= 0.3 is 0 Å². The third-order valence-electron chi connectivity index (χ3n) is 1.62. The molecule has 0 amide bonds. The number of hydrogen-bond acceptors (Lipinski definition) is 3. The van der Waals surface area contributed by atoms with E-state index in [1.54, 1.807) is 12.1 Å². The van der Waals surface area contributed by atoms with Gasteiger partial charge in [0.05, 0.1) is 15.9 Å². The molecule has 1 rings (SSSR count). The molecule has 1 aromatic carbocycles. The van der Waals surface area contributed by atoms with E-state index < -0.39 is 15.9 Å². The van der Waals surface area contributed by atoms with Crippen molar-refractivity contribution in [3.05, 3.63) is 34.9 Å². The van der Waals surface area contributed by atoms with Crippen LogP contribution in [0.4, 0.5) is 0 Å². The Morgan fingerprint density at radius 2 is 1.62 bits per heavy atom. The fraction of sp³-hybridized carbons (Fsp3) is 0.333. The molecular formula is C9H11O3S-. The standard InChI is InChI=1S/C9H12O3S/c1-7-3-8(2)5-9(4-7)6-13(10,11)12/h3-5H,6H2,1-2H3,(H,10,11,12)/p-1. The van der Waals surface area contributed by atoms with Crippen LogP contribution in [-0.2, 0) is 15.9 Å². The van der Waals surface area contributed by atoms with Crippen molar-refractivity contribution in [3.8, 4) is 0 Å². The van der Waals surface area contributed by atoms with E-state index in [9.17, 15) is 13.0 Å². The minimum absolute atomic E-state index is 0.421. The SMILES string of the molecule is Cc1cc(C)cc(CS(=O)(=O)[O-])c1. The Balaban J connectivity index is 3.03. The third-order valence-corrected chi connectivity index (χ3v) is 2.31. The van der Waals surface area contributed by atoms with Crippen molar-refractivity contribution >= 4 is 10.1 Å². The molecule has 0 radical (unpaired) electrons. The zero-order valence-corrected chi connectivity index (χ0v) is 8.39. The van der Waals surface area contributed by atoms with Gasteiger partial charge < -0.3 is 4.55 Å². The topological polar surface area (TPSA) is 57.2 Å². The van der Waals surface area contributed by atoms with E-state index in [1.807, 2.05) is 19.9 Å². The average Bonchev–Trinajstić information content (AvgIpc) is 1.78. The van der Waals surface area contributed by atoms with Crippen molar-refractivity contribution in [1.82, 2.24) is 0 Å². The fourth-order valence-electron chi connectivity index (χ4n) is 1.36. The molecule has 72 valence electrons. The molecule has 0 saturated heterocycles. The second-order valence-corrected chi connectivity index (χ2v) is 4.60. The van der Waals surface area contributed by atoms with Crippen LogP contribution in [0.1, 0.15) is 16.7 Å².